The van der Waals surface area contributed by atoms with E-state index in [2.05, 4.69) is 10.2 Å². The highest BCUT2D eigenvalue weighted by Crippen LogP contribution is 2.22. The Morgan fingerprint density at radius 3 is 2.75 bits per heavy atom. The third kappa shape index (κ3) is 3.42. The van der Waals surface area contributed by atoms with Crippen LogP contribution in [0.1, 0.15) is 49.5 Å². The molecule has 1 heterocycles. The van der Waals surface area contributed by atoms with Gasteiger partial charge in [0.2, 0.25) is 0 Å². The highest BCUT2D eigenvalue weighted by atomic mass is 16.5. The molecule has 0 aliphatic heterocycles. The molecule has 3 rings (SSSR count). The van der Waals surface area contributed by atoms with Crippen LogP contribution in [0.5, 0.6) is 0 Å². The zero-order chi connectivity index (χ0) is 16.9. The first-order valence-corrected chi connectivity index (χ1v) is 8.60. The van der Waals surface area contributed by atoms with Crippen LogP contribution in [0.15, 0.2) is 24.3 Å². The number of hydrogen-bond donors (Lipinski definition) is 1. The maximum absolute atomic E-state index is 12.4. The van der Waals surface area contributed by atoms with Crippen molar-refractivity contribution in [3.8, 4) is 0 Å². The molecule has 24 heavy (non-hydrogen) atoms. The second-order valence-electron chi connectivity index (χ2n) is 6.17. The molecule has 0 radical (unpaired) electrons. The Labute approximate surface area is 141 Å². The van der Waals surface area contributed by atoms with Crippen LogP contribution in [0.3, 0.4) is 0 Å². The Morgan fingerprint density at radius 2 is 2.00 bits per heavy atom. The lowest BCUT2D eigenvalue weighted by Gasteiger charge is -2.33. The first kappa shape index (κ1) is 16.5. The van der Waals surface area contributed by atoms with Crippen molar-refractivity contribution in [3.63, 3.8) is 0 Å². The Balaban J connectivity index is 1.61. The highest BCUT2D eigenvalue weighted by Gasteiger charge is 2.25. The zero-order valence-electron chi connectivity index (χ0n) is 14.0. The van der Waals surface area contributed by atoms with Crippen LogP contribution in [-0.4, -0.2) is 46.2 Å². The van der Waals surface area contributed by atoms with Crippen molar-refractivity contribution < 1.29 is 14.3 Å². The molecule has 0 spiro atoms. The number of amides is 1. The number of nitrogens with one attached hydrogen (secondary N) is 1. The van der Waals surface area contributed by atoms with E-state index in [-0.39, 0.29) is 24.2 Å². The summed E-state index contributed by atoms with van der Waals surface area (Å²) in [6.07, 6.45) is 5.64. The van der Waals surface area contributed by atoms with Gasteiger partial charge >= 0.3 is 5.97 Å². The molecule has 1 aromatic carbocycles. The summed E-state index contributed by atoms with van der Waals surface area (Å²) in [5.74, 6) is -0.696. The van der Waals surface area contributed by atoms with Crippen molar-refractivity contribution in [2.24, 2.45) is 0 Å². The Kier molecular flexibility index (Phi) is 5.13. The van der Waals surface area contributed by atoms with Gasteiger partial charge in [-0.3, -0.25) is 9.89 Å². The number of fused-ring (bicyclic) bond motifs is 1. The molecule has 6 nitrogen and oxygen atoms in total. The number of ether oxygens (including phenoxy) is 1. The third-order valence-corrected chi connectivity index (χ3v) is 4.67. The Morgan fingerprint density at radius 1 is 1.25 bits per heavy atom. The molecule has 1 aliphatic rings. The van der Waals surface area contributed by atoms with Crippen molar-refractivity contribution in [2.45, 2.75) is 45.1 Å². The van der Waals surface area contributed by atoms with E-state index < -0.39 is 5.97 Å². The summed E-state index contributed by atoms with van der Waals surface area (Å²) in [4.78, 5) is 26.5. The number of nitrogens with zero attached hydrogens (tertiary/aromatic N) is 2. The number of rotatable bonds is 5. The quantitative estimate of drug-likeness (QED) is 0.856. The molecule has 0 bridgehead atoms. The second-order valence-corrected chi connectivity index (χ2v) is 6.17. The topological polar surface area (TPSA) is 75.3 Å². The summed E-state index contributed by atoms with van der Waals surface area (Å²) in [7, 11) is 0. The van der Waals surface area contributed by atoms with Crippen LogP contribution in [-0.2, 0) is 9.53 Å². The SMILES string of the molecule is CCN(C(=O)COC(=O)c1n[nH]c2ccccc12)C1CCCCC1. The average Bonchev–Trinajstić information content (AvgIpc) is 3.05. The molecular weight excluding hydrogens is 306 g/mol. The third-order valence-electron chi connectivity index (χ3n) is 4.67. The summed E-state index contributed by atoms with van der Waals surface area (Å²) in [5, 5.41) is 7.50. The lowest BCUT2D eigenvalue weighted by molar-refractivity contribution is -0.137. The highest BCUT2D eigenvalue weighted by molar-refractivity contribution is 6.02. The average molecular weight is 329 g/mol. The minimum atomic E-state index is -0.569. The molecule has 6 heteroatoms. The number of H-pyrrole nitrogens is 1. The second kappa shape index (κ2) is 7.47. The van der Waals surface area contributed by atoms with Crippen LogP contribution in [0, 0.1) is 0 Å². The van der Waals surface area contributed by atoms with Crippen LogP contribution in [0.25, 0.3) is 10.9 Å². The van der Waals surface area contributed by atoms with Gasteiger partial charge in [-0.05, 0) is 25.8 Å². The largest absolute Gasteiger partial charge is 0.451 e. The molecular formula is C18H23N3O3. The van der Waals surface area contributed by atoms with Gasteiger partial charge in [-0.15, -0.1) is 0 Å². The summed E-state index contributed by atoms with van der Waals surface area (Å²) in [6, 6.07) is 7.62. The van der Waals surface area contributed by atoms with Gasteiger partial charge in [-0.2, -0.15) is 5.10 Å². The summed E-state index contributed by atoms with van der Waals surface area (Å²) >= 11 is 0. The van der Waals surface area contributed by atoms with Gasteiger partial charge in [0, 0.05) is 18.0 Å². The van der Waals surface area contributed by atoms with Crippen LogP contribution in [0.4, 0.5) is 0 Å². The van der Waals surface area contributed by atoms with E-state index >= 15 is 0 Å². The van der Waals surface area contributed by atoms with E-state index in [1.807, 2.05) is 30.0 Å². The van der Waals surface area contributed by atoms with Gasteiger partial charge in [0.1, 0.15) is 0 Å². The van der Waals surface area contributed by atoms with E-state index in [1.54, 1.807) is 6.07 Å². The maximum atomic E-state index is 12.4. The van der Waals surface area contributed by atoms with Crippen molar-refractivity contribution in [1.29, 1.82) is 0 Å². The number of hydrogen-bond acceptors (Lipinski definition) is 4. The van der Waals surface area contributed by atoms with Crippen molar-refractivity contribution in [3.05, 3.63) is 30.0 Å². The van der Waals surface area contributed by atoms with Gasteiger partial charge in [-0.1, -0.05) is 37.5 Å². The molecule has 1 saturated carbocycles. The van der Waals surface area contributed by atoms with Crippen LogP contribution < -0.4 is 0 Å². The monoisotopic (exact) mass is 329 g/mol. The fourth-order valence-electron chi connectivity index (χ4n) is 3.43. The number of carbonyl (C=O) groups excluding carboxylic acids is 2. The molecule has 0 atom stereocenters. The fourth-order valence-corrected chi connectivity index (χ4v) is 3.43. The van der Waals surface area contributed by atoms with Crippen molar-refractivity contribution in [2.75, 3.05) is 13.2 Å². The Hall–Kier alpha value is -2.37. The minimum Gasteiger partial charge on any atom is -0.451 e. The van der Waals surface area contributed by atoms with Gasteiger partial charge in [-0.25, -0.2) is 4.79 Å². The van der Waals surface area contributed by atoms with E-state index in [9.17, 15) is 9.59 Å². The Bertz CT molecular complexity index is 719. The van der Waals surface area contributed by atoms with Gasteiger partial charge in [0.25, 0.3) is 5.91 Å². The van der Waals surface area contributed by atoms with Crippen LogP contribution in [0.2, 0.25) is 0 Å². The van der Waals surface area contributed by atoms with Gasteiger partial charge in [0.15, 0.2) is 12.3 Å². The number of aromatic amines is 1. The smallest absolute Gasteiger partial charge is 0.359 e. The zero-order valence-corrected chi connectivity index (χ0v) is 14.0. The number of para-hydroxylation sites is 1. The number of benzene rings is 1. The minimum absolute atomic E-state index is 0.127. The van der Waals surface area contributed by atoms with E-state index in [0.29, 0.717) is 11.9 Å². The van der Waals surface area contributed by atoms with Crippen molar-refractivity contribution in [1.82, 2.24) is 15.1 Å². The summed E-state index contributed by atoms with van der Waals surface area (Å²) in [5.41, 5.74) is 0.993. The molecule has 1 aliphatic carbocycles. The van der Waals surface area contributed by atoms with E-state index in [1.165, 1.54) is 6.42 Å². The lowest BCUT2D eigenvalue weighted by atomic mass is 9.94. The van der Waals surface area contributed by atoms with E-state index in [4.69, 9.17) is 4.74 Å². The van der Waals surface area contributed by atoms with Crippen LogP contribution >= 0.6 is 0 Å². The van der Waals surface area contributed by atoms with E-state index in [0.717, 1.165) is 31.2 Å². The molecule has 0 unspecified atom stereocenters. The van der Waals surface area contributed by atoms with Gasteiger partial charge < -0.3 is 9.64 Å². The number of aromatic nitrogens is 2. The maximum Gasteiger partial charge on any atom is 0.359 e. The normalized spacial score (nSPS) is 15.4. The number of likely N-dealkylation sites (N-methyl/N-ethyl adjacent to an activating group) is 1. The number of esters is 1. The predicted molar refractivity (Wildman–Crippen MR) is 90.6 cm³/mol. The number of carbonyl (C=O) groups is 2. The summed E-state index contributed by atoms with van der Waals surface area (Å²) in [6.45, 7) is 2.38. The molecule has 1 fully saturated rings. The lowest BCUT2D eigenvalue weighted by Crippen LogP contribution is -2.43. The molecule has 1 N–H and O–H groups in total. The first-order chi connectivity index (χ1) is 11.7. The van der Waals surface area contributed by atoms with Crippen molar-refractivity contribution >= 4 is 22.8 Å². The molecule has 0 saturated heterocycles. The molecule has 2 aromatic rings. The molecule has 128 valence electrons. The molecule has 1 amide bonds. The fraction of sp³-hybridized carbons (Fsp3) is 0.500. The molecule has 1 aromatic heterocycles. The van der Waals surface area contributed by atoms with Gasteiger partial charge in [0.05, 0.1) is 5.52 Å². The summed E-state index contributed by atoms with van der Waals surface area (Å²) < 4.78 is 5.22. The first-order valence-electron chi connectivity index (χ1n) is 8.60. The predicted octanol–water partition coefficient (Wildman–Crippen LogP) is 2.90. The standard InChI is InChI=1S/C18H23N3O3/c1-2-21(13-8-4-3-5-9-13)16(22)12-24-18(23)17-14-10-6-7-11-15(14)19-20-17/h6-7,10-11,13H,2-5,8-9,12H2,1H3,(H,19,20).